The first-order chi connectivity index (χ1) is 9.38. The summed E-state index contributed by atoms with van der Waals surface area (Å²) in [4.78, 5) is 9.07. The van der Waals surface area contributed by atoms with Crippen molar-refractivity contribution < 1.29 is 5.21 Å². The lowest BCUT2D eigenvalue weighted by Gasteiger charge is -2.06. The van der Waals surface area contributed by atoms with Crippen molar-refractivity contribution in [3.05, 3.63) is 60.3 Å². The molecule has 3 rings (SSSR count). The molecule has 0 fully saturated rings. The van der Waals surface area contributed by atoms with E-state index in [1.54, 1.807) is 0 Å². The van der Waals surface area contributed by atoms with E-state index in [9.17, 15) is 0 Å². The SMILES string of the molecule is ON=Cc1nc2ccccc2nc1-c1ccccc1. The van der Waals surface area contributed by atoms with Crippen LogP contribution in [0, 0.1) is 0 Å². The lowest BCUT2D eigenvalue weighted by atomic mass is 10.1. The molecule has 0 amide bonds. The maximum atomic E-state index is 8.76. The molecule has 0 atom stereocenters. The molecule has 4 nitrogen and oxygen atoms in total. The summed E-state index contributed by atoms with van der Waals surface area (Å²) in [6.07, 6.45) is 1.31. The number of rotatable bonds is 2. The maximum absolute atomic E-state index is 8.76. The van der Waals surface area contributed by atoms with Crippen LogP contribution in [-0.2, 0) is 0 Å². The fraction of sp³-hybridized carbons (Fsp3) is 0. The summed E-state index contributed by atoms with van der Waals surface area (Å²) in [7, 11) is 0. The second kappa shape index (κ2) is 4.86. The molecule has 92 valence electrons. The summed E-state index contributed by atoms with van der Waals surface area (Å²) in [5.41, 5.74) is 3.79. The minimum Gasteiger partial charge on any atom is -0.411 e. The summed E-state index contributed by atoms with van der Waals surface area (Å²) in [5.74, 6) is 0. The third-order valence-corrected chi connectivity index (χ3v) is 2.82. The van der Waals surface area contributed by atoms with Crippen LogP contribution in [0.4, 0.5) is 0 Å². The van der Waals surface area contributed by atoms with Gasteiger partial charge in [-0.2, -0.15) is 0 Å². The van der Waals surface area contributed by atoms with E-state index >= 15 is 0 Å². The third kappa shape index (κ3) is 2.15. The number of benzene rings is 2. The quantitative estimate of drug-likeness (QED) is 0.431. The van der Waals surface area contributed by atoms with Crippen LogP contribution in [0.3, 0.4) is 0 Å². The number of oxime groups is 1. The average molecular weight is 249 g/mol. The minimum absolute atomic E-state index is 0.549. The average Bonchev–Trinajstić information content (AvgIpc) is 2.48. The number of nitrogens with zero attached hydrogens (tertiary/aromatic N) is 3. The Balaban J connectivity index is 2.29. The highest BCUT2D eigenvalue weighted by Crippen LogP contribution is 2.22. The van der Waals surface area contributed by atoms with E-state index in [-0.39, 0.29) is 0 Å². The van der Waals surface area contributed by atoms with Gasteiger partial charge in [-0.1, -0.05) is 47.6 Å². The molecule has 0 saturated carbocycles. The molecule has 1 aromatic heterocycles. The van der Waals surface area contributed by atoms with E-state index < -0.39 is 0 Å². The monoisotopic (exact) mass is 249 g/mol. The second-order valence-electron chi connectivity index (χ2n) is 4.06. The number of aromatic nitrogens is 2. The molecule has 1 N–H and O–H groups in total. The summed E-state index contributed by atoms with van der Waals surface area (Å²) >= 11 is 0. The Hall–Kier alpha value is -2.75. The normalized spacial score (nSPS) is 11.2. The Kier molecular flexibility index (Phi) is 2.90. The van der Waals surface area contributed by atoms with Crippen LogP contribution in [0.2, 0.25) is 0 Å². The molecular formula is C15H11N3O. The predicted octanol–water partition coefficient (Wildman–Crippen LogP) is 3.10. The molecule has 3 aromatic rings. The van der Waals surface area contributed by atoms with Gasteiger partial charge >= 0.3 is 0 Å². The van der Waals surface area contributed by atoms with Crippen molar-refractivity contribution in [3.63, 3.8) is 0 Å². The minimum atomic E-state index is 0.549. The molecule has 1 heterocycles. The fourth-order valence-corrected chi connectivity index (χ4v) is 1.97. The summed E-state index contributed by atoms with van der Waals surface area (Å²) < 4.78 is 0. The van der Waals surface area contributed by atoms with Crippen molar-refractivity contribution in [2.75, 3.05) is 0 Å². The van der Waals surface area contributed by atoms with Gasteiger partial charge < -0.3 is 5.21 Å². The molecule has 4 heteroatoms. The van der Waals surface area contributed by atoms with Crippen LogP contribution in [-0.4, -0.2) is 21.4 Å². The Bertz CT molecular complexity index is 739. The zero-order valence-corrected chi connectivity index (χ0v) is 10.1. The van der Waals surface area contributed by atoms with Crippen LogP contribution in [0.5, 0.6) is 0 Å². The molecule has 0 bridgehead atoms. The molecular weight excluding hydrogens is 238 g/mol. The molecule has 0 aliphatic heterocycles. The first-order valence-electron chi connectivity index (χ1n) is 5.88. The van der Waals surface area contributed by atoms with Crippen LogP contribution in [0.25, 0.3) is 22.3 Å². The van der Waals surface area contributed by atoms with Crippen molar-refractivity contribution >= 4 is 17.2 Å². The molecule has 2 aromatic carbocycles. The van der Waals surface area contributed by atoms with Crippen molar-refractivity contribution in [2.24, 2.45) is 5.16 Å². The summed E-state index contributed by atoms with van der Waals surface area (Å²) in [5, 5.41) is 11.8. The zero-order valence-electron chi connectivity index (χ0n) is 10.1. The topological polar surface area (TPSA) is 58.4 Å². The van der Waals surface area contributed by atoms with Crippen LogP contribution >= 0.6 is 0 Å². The summed E-state index contributed by atoms with van der Waals surface area (Å²) in [6.45, 7) is 0. The molecule has 19 heavy (non-hydrogen) atoms. The van der Waals surface area contributed by atoms with Gasteiger partial charge in [-0.05, 0) is 12.1 Å². The predicted molar refractivity (Wildman–Crippen MR) is 74.4 cm³/mol. The smallest absolute Gasteiger partial charge is 0.112 e. The van der Waals surface area contributed by atoms with E-state index in [4.69, 9.17) is 5.21 Å². The Morgan fingerprint density at radius 2 is 1.47 bits per heavy atom. The van der Waals surface area contributed by atoms with Crippen LogP contribution in [0.15, 0.2) is 59.8 Å². The van der Waals surface area contributed by atoms with Crippen molar-refractivity contribution in [2.45, 2.75) is 0 Å². The number of para-hydroxylation sites is 2. The largest absolute Gasteiger partial charge is 0.411 e. The molecule has 0 spiro atoms. The third-order valence-electron chi connectivity index (χ3n) is 2.82. The standard InChI is InChI=1S/C15H11N3O/c19-16-10-14-15(11-6-2-1-3-7-11)18-13-9-5-4-8-12(13)17-14/h1-10,19H. The highest BCUT2D eigenvalue weighted by molar-refractivity contribution is 5.90. The zero-order chi connectivity index (χ0) is 13.1. The van der Waals surface area contributed by atoms with Gasteiger partial charge in [0.1, 0.15) is 5.69 Å². The van der Waals surface area contributed by atoms with Gasteiger partial charge in [0.15, 0.2) is 0 Å². The Morgan fingerprint density at radius 3 is 2.16 bits per heavy atom. The van der Waals surface area contributed by atoms with Crippen molar-refractivity contribution in [1.29, 1.82) is 0 Å². The van der Waals surface area contributed by atoms with Crippen molar-refractivity contribution in [1.82, 2.24) is 9.97 Å². The highest BCUT2D eigenvalue weighted by atomic mass is 16.4. The van der Waals surface area contributed by atoms with Gasteiger partial charge in [0, 0.05) is 5.56 Å². The lowest BCUT2D eigenvalue weighted by molar-refractivity contribution is 0.321. The van der Waals surface area contributed by atoms with Gasteiger partial charge in [0.05, 0.1) is 22.9 Å². The van der Waals surface area contributed by atoms with E-state index in [2.05, 4.69) is 15.1 Å². The van der Waals surface area contributed by atoms with Gasteiger partial charge in [0.2, 0.25) is 0 Å². The van der Waals surface area contributed by atoms with E-state index in [0.717, 1.165) is 16.6 Å². The van der Waals surface area contributed by atoms with Crippen LogP contribution in [0.1, 0.15) is 5.69 Å². The molecule has 0 aliphatic carbocycles. The van der Waals surface area contributed by atoms with E-state index in [0.29, 0.717) is 11.4 Å². The lowest BCUT2D eigenvalue weighted by Crippen LogP contribution is -1.98. The van der Waals surface area contributed by atoms with E-state index in [1.165, 1.54) is 6.21 Å². The van der Waals surface area contributed by atoms with Gasteiger partial charge in [-0.3, -0.25) is 0 Å². The van der Waals surface area contributed by atoms with Gasteiger partial charge in [-0.15, -0.1) is 0 Å². The first kappa shape index (κ1) is 11.3. The fourth-order valence-electron chi connectivity index (χ4n) is 1.97. The highest BCUT2D eigenvalue weighted by Gasteiger charge is 2.09. The molecule has 0 unspecified atom stereocenters. The second-order valence-corrected chi connectivity index (χ2v) is 4.06. The molecule has 0 saturated heterocycles. The number of fused-ring (bicyclic) bond motifs is 1. The summed E-state index contributed by atoms with van der Waals surface area (Å²) in [6, 6.07) is 17.3. The van der Waals surface area contributed by atoms with Gasteiger partial charge in [-0.25, -0.2) is 9.97 Å². The van der Waals surface area contributed by atoms with Crippen molar-refractivity contribution in [3.8, 4) is 11.3 Å². The molecule has 0 aliphatic rings. The van der Waals surface area contributed by atoms with Gasteiger partial charge in [0.25, 0.3) is 0 Å². The molecule has 0 radical (unpaired) electrons. The number of hydrogen-bond donors (Lipinski definition) is 1. The maximum Gasteiger partial charge on any atom is 0.112 e. The van der Waals surface area contributed by atoms with Crippen LogP contribution < -0.4 is 0 Å². The number of hydrogen-bond acceptors (Lipinski definition) is 4. The van der Waals surface area contributed by atoms with E-state index in [1.807, 2.05) is 54.6 Å². The Labute approximate surface area is 110 Å². The Morgan fingerprint density at radius 1 is 0.842 bits per heavy atom. The first-order valence-corrected chi connectivity index (χ1v) is 5.88.